The van der Waals surface area contributed by atoms with E-state index >= 15 is 0 Å². The molecule has 0 fully saturated rings. The molecule has 1 N–H and O–H groups in total. The summed E-state index contributed by atoms with van der Waals surface area (Å²) in [6, 6.07) is 7.28. The predicted molar refractivity (Wildman–Crippen MR) is 106 cm³/mol. The number of pyridine rings is 1. The summed E-state index contributed by atoms with van der Waals surface area (Å²) in [4.78, 5) is 16.8. The Balaban J connectivity index is 1.78. The molecule has 27 heavy (non-hydrogen) atoms. The van der Waals surface area contributed by atoms with Crippen molar-refractivity contribution in [1.29, 1.82) is 0 Å². The number of aromatic nitrogens is 1. The lowest BCUT2D eigenvalue weighted by Gasteiger charge is -2.25. The molecule has 1 aliphatic rings. The van der Waals surface area contributed by atoms with Crippen molar-refractivity contribution in [3.63, 3.8) is 0 Å². The molecule has 1 amide bonds. The number of aryl methyl sites for hydroxylation is 1. The number of hydrogen-bond acceptors (Lipinski definition) is 4. The fourth-order valence-corrected chi connectivity index (χ4v) is 3.72. The Labute approximate surface area is 169 Å². The number of fused-ring (bicyclic) bond motifs is 1. The van der Waals surface area contributed by atoms with Crippen LogP contribution in [0.5, 0.6) is 11.5 Å². The maximum Gasteiger partial charge on any atom is 0.225 e. The van der Waals surface area contributed by atoms with Gasteiger partial charge in [-0.1, -0.05) is 43.1 Å². The number of halogens is 2. The molecule has 3 rings (SSSR count). The predicted octanol–water partition coefficient (Wildman–Crippen LogP) is 4.52. The van der Waals surface area contributed by atoms with Gasteiger partial charge in [0.25, 0.3) is 0 Å². The van der Waals surface area contributed by atoms with Crippen LogP contribution in [0.15, 0.2) is 24.3 Å². The van der Waals surface area contributed by atoms with Crippen LogP contribution < -0.4 is 14.8 Å². The zero-order valence-electron chi connectivity index (χ0n) is 15.5. The van der Waals surface area contributed by atoms with Crippen LogP contribution >= 0.6 is 23.2 Å². The van der Waals surface area contributed by atoms with E-state index in [1.165, 1.54) is 0 Å². The van der Waals surface area contributed by atoms with Crippen molar-refractivity contribution in [2.75, 3.05) is 13.2 Å². The highest BCUT2D eigenvalue weighted by Gasteiger charge is 2.22. The number of carbonyl (C=O) groups is 1. The monoisotopic (exact) mass is 408 g/mol. The molecule has 0 aliphatic carbocycles. The third-order valence-electron chi connectivity index (χ3n) is 4.39. The van der Waals surface area contributed by atoms with Crippen LogP contribution in [0.4, 0.5) is 0 Å². The van der Waals surface area contributed by atoms with Gasteiger partial charge in [0.05, 0.1) is 12.5 Å². The van der Waals surface area contributed by atoms with Gasteiger partial charge in [-0.3, -0.25) is 4.79 Å². The van der Waals surface area contributed by atoms with Crippen molar-refractivity contribution >= 4 is 29.1 Å². The van der Waals surface area contributed by atoms with Gasteiger partial charge in [-0.2, -0.15) is 0 Å². The third-order valence-corrected chi connectivity index (χ3v) is 5.04. The smallest absolute Gasteiger partial charge is 0.225 e. The first-order valence-electron chi connectivity index (χ1n) is 8.85. The van der Waals surface area contributed by atoms with E-state index in [-0.39, 0.29) is 29.4 Å². The van der Waals surface area contributed by atoms with Crippen molar-refractivity contribution in [1.82, 2.24) is 10.3 Å². The van der Waals surface area contributed by atoms with E-state index in [1.807, 2.05) is 18.2 Å². The lowest BCUT2D eigenvalue weighted by molar-refractivity contribution is -0.121. The van der Waals surface area contributed by atoms with Gasteiger partial charge < -0.3 is 14.8 Å². The maximum absolute atomic E-state index is 12.7. The van der Waals surface area contributed by atoms with E-state index < -0.39 is 0 Å². The van der Waals surface area contributed by atoms with Gasteiger partial charge in [0.2, 0.25) is 5.91 Å². The minimum atomic E-state index is -0.177. The minimum absolute atomic E-state index is 0.0682. The molecule has 1 aliphatic heterocycles. The number of amides is 1. The van der Waals surface area contributed by atoms with E-state index in [9.17, 15) is 4.79 Å². The van der Waals surface area contributed by atoms with Gasteiger partial charge in [-0.05, 0) is 36.6 Å². The number of nitrogens with zero attached hydrogens (tertiary/aromatic N) is 1. The highest BCUT2D eigenvalue weighted by atomic mass is 35.5. The average molecular weight is 409 g/mol. The zero-order valence-corrected chi connectivity index (χ0v) is 17.0. The van der Waals surface area contributed by atoms with Crippen LogP contribution in [-0.4, -0.2) is 24.1 Å². The van der Waals surface area contributed by atoms with Crippen molar-refractivity contribution in [3.8, 4) is 11.5 Å². The molecule has 7 heteroatoms. The van der Waals surface area contributed by atoms with Crippen molar-refractivity contribution < 1.29 is 14.3 Å². The zero-order chi connectivity index (χ0) is 19.6. The molecule has 0 radical (unpaired) electrons. The molecule has 0 bridgehead atoms. The number of carbonyl (C=O) groups excluding carboxylic acids is 1. The number of rotatable bonds is 5. The summed E-state index contributed by atoms with van der Waals surface area (Å²) in [5, 5.41) is 3.78. The first-order chi connectivity index (χ1) is 12.8. The molecular formula is C20H22Cl2N2O3. The highest BCUT2D eigenvalue weighted by molar-refractivity contribution is 6.35. The van der Waals surface area contributed by atoms with Crippen LogP contribution in [0, 0.1) is 12.8 Å². The van der Waals surface area contributed by atoms with Gasteiger partial charge in [0.1, 0.15) is 18.4 Å². The Morgan fingerprint density at radius 3 is 2.56 bits per heavy atom. The summed E-state index contributed by atoms with van der Waals surface area (Å²) >= 11 is 12.4. The lowest BCUT2D eigenvalue weighted by Crippen LogP contribution is -2.33. The molecule has 0 spiro atoms. The van der Waals surface area contributed by atoms with Crippen LogP contribution in [0.3, 0.4) is 0 Å². The van der Waals surface area contributed by atoms with E-state index in [4.69, 9.17) is 32.7 Å². The molecule has 144 valence electrons. The maximum atomic E-state index is 12.7. The van der Waals surface area contributed by atoms with Gasteiger partial charge in [-0.15, -0.1) is 0 Å². The Hall–Kier alpha value is -1.98. The second-order valence-electron chi connectivity index (χ2n) is 6.88. The highest BCUT2D eigenvalue weighted by Crippen LogP contribution is 2.34. The summed E-state index contributed by atoms with van der Waals surface area (Å²) in [5.41, 5.74) is 2.21. The van der Waals surface area contributed by atoms with Gasteiger partial charge in [-0.25, -0.2) is 4.98 Å². The van der Waals surface area contributed by atoms with Gasteiger partial charge in [0, 0.05) is 16.3 Å². The summed E-state index contributed by atoms with van der Waals surface area (Å²) in [6.07, 6.45) is 0.0682. The second kappa shape index (κ2) is 8.36. The first-order valence-corrected chi connectivity index (χ1v) is 9.61. The number of ether oxygens (including phenoxy) is 2. The summed E-state index contributed by atoms with van der Waals surface area (Å²) < 4.78 is 11.2. The Morgan fingerprint density at radius 2 is 1.89 bits per heavy atom. The molecular weight excluding hydrogens is 387 g/mol. The van der Waals surface area contributed by atoms with Gasteiger partial charge in [0.15, 0.2) is 11.5 Å². The molecule has 5 nitrogen and oxygen atoms in total. The third kappa shape index (κ3) is 4.66. The fourth-order valence-electron chi connectivity index (χ4n) is 3.05. The number of nitrogens with one attached hydrogen (secondary N) is 1. The fraction of sp³-hybridized carbons (Fsp3) is 0.400. The van der Waals surface area contributed by atoms with Crippen molar-refractivity contribution in [3.05, 3.63) is 51.3 Å². The van der Waals surface area contributed by atoms with E-state index in [0.29, 0.717) is 35.2 Å². The summed E-state index contributed by atoms with van der Waals surface area (Å²) in [6.45, 7) is 6.97. The standard InChI is InChI=1S/C20H22Cl2N2O3/c1-11(2)19(13-4-5-16-17(9-13)27-7-6-26-16)24-18(25)10-14-15(21)8-12(3)23-20(14)22/h4-5,8-9,11,19H,6-7,10H2,1-3H3,(H,24,25). The van der Waals surface area contributed by atoms with Crippen LogP contribution in [0.2, 0.25) is 10.2 Å². The minimum Gasteiger partial charge on any atom is -0.486 e. The van der Waals surface area contributed by atoms with Crippen molar-refractivity contribution in [2.45, 2.75) is 33.2 Å². The normalized spacial score (nSPS) is 14.1. The van der Waals surface area contributed by atoms with Crippen LogP contribution in [0.1, 0.15) is 36.7 Å². The number of benzene rings is 1. The SMILES string of the molecule is Cc1cc(Cl)c(CC(=O)NC(c2ccc3c(c2)OCCO3)C(C)C)c(Cl)n1. The quantitative estimate of drug-likeness (QED) is 0.738. The average Bonchev–Trinajstić information content (AvgIpc) is 2.62. The van der Waals surface area contributed by atoms with Gasteiger partial charge >= 0.3 is 0 Å². The Bertz CT molecular complexity index is 832. The Morgan fingerprint density at radius 1 is 1.19 bits per heavy atom. The van der Waals surface area contributed by atoms with E-state index in [0.717, 1.165) is 11.3 Å². The van der Waals surface area contributed by atoms with Crippen LogP contribution in [0.25, 0.3) is 0 Å². The van der Waals surface area contributed by atoms with Crippen molar-refractivity contribution in [2.24, 2.45) is 5.92 Å². The Kier molecular flexibility index (Phi) is 6.12. The molecule has 0 saturated heterocycles. The lowest BCUT2D eigenvalue weighted by atomic mass is 9.95. The largest absolute Gasteiger partial charge is 0.486 e. The number of hydrogen-bond donors (Lipinski definition) is 1. The van der Waals surface area contributed by atoms with E-state index in [2.05, 4.69) is 24.1 Å². The molecule has 0 saturated carbocycles. The molecule has 1 unspecified atom stereocenters. The summed E-state index contributed by atoms with van der Waals surface area (Å²) in [7, 11) is 0. The topological polar surface area (TPSA) is 60.5 Å². The molecule has 1 aromatic heterocycles. The first kappa shape index (κ1) is 19.8. The van der Waals surface area contributed by atoms with E-state index in [1.54, 1.807) is 13.0 Å². The second-order valence-corrected chi connectivity index (χ2v) is 7.65. The molecule has 2 aromatic rings. The molecule has 1 atom stereocenters. The molecule has 1 aromatic carbocycles. The summed E-state index contributed by atoms with van der Waals surface area (Å²) in [5.74, 6) is 1.44. The molecule has 2 heterocycles. The van der Waals surface area contributed by atoms with Crippen LogP contribution in [-0.2, 0) is 11.2 Å².